The number of nitrogens with two attached hydrogens (primary N) is 1. The molecule has 1 aromatic rings. The zero-order chi connectivity index (χ0) is 13.7. The van der Waals surface area contributed by atoms with Crippen LogP contribution in [0.25, 0.3) is 0 Å². The van der Waals surface area contributed by atoms with Crippen molar-refractivity contribution in [1.29, 1.82) is 0 Å². The lowest BCUT2D eigenvalue weighted by molar-refractivity contribution is -0.125. The summed E-state index contributed by atoms with van der Waals surface area (Å²) in [5.74, 6) is -0.00986. The van der Waals surface area contributed by atoms with Gasteiger partial charge in [-0.15, -0.1) is 0 Å². The average Bonchev–Trinajstić information content (AvgIpc) is 2.39. The molecule has 1 aliphatic heterocycles. The lowest BCUT2D eigenvalue weighted by Crippen LogP contribution is -2.52. The Balaban J connectivity index is 1.87. The van der Waals surface area contributed by atoms with Crippen LogP contribution in [0.4, 0.5) is 0 Å². The molecule has 104 valence electrons. The van der Waals surface area contributed by atoms with E-state index in [4.69, 9.17) is 10.5 Å². The molecule has 1 aromatic carbocycles. The van der Waals surface area contributed by atoms with Crippen LogP contribution in [-0.4, -0.2) is 24.7 Å². The van der Waals surface area contributed by atoms with Crippen molar-refractivity contribution in [1.82, 2.24) is 5.32 Å². The second-order valence-corrected chi connectivity index (χ2v) is 5.49. The summed E-state index contributed by atoms with van der Waals surface area (Å²) in [6, 6.07) is 9.45. The summed E-state index contributed by atoms with van der Waals surface area (Å²) in [6.45, 7) is 3.40. The van der Waals surface area contributed by atoms with Crippen molar-refractivity contribution in [2.45, 2.75) is 37.8 Å². The Kier molecular flexibility index (Phi) is 4.56. The molecule has 4 nitrogen and oxygen atoms in total. The van der Waals surface area contributed by atoms with Gasteiger partial charge in [0.15, 0.2) is 0 Å². The normalized spacial score (nSPS) is 24.7. The molecule has 0 bridgehead atoms. The van der Waals surface area contributed by atoms with Crippen molar-refractivity contribution in [3.05, 3.63) is 35.9 Å². The number of carbonyl (C=O) groups excluding carboxylic acids is 1. The van der Waals surface area contributed by atoms with Gasteiger partial charge in [0.2, 0.25) is 5.91 Å². The average molecular weight is 262 g/mol. The lowest BCUT2D eigenvalue weighted by atomic mass is 9.94. The van der Waals surface area contributed by atoms with E-state index in [-0.39, 0.29) is 17.5 Å². The summed E-state index contributed by atoms with van der Waals surface area (Å²) in [5, 5.41) is 3.05. The van der Waals surface area contributed by atoms with E-state index in [1.165, 1.54) is 0 Å². The second-order valence-electron chi connectivity index (χ2n) is 5.49. The minimum Gasteiger partial charge on any atom is -0.379 e. The molecule has 1 saturated heterocycles. The Morgan fingerprint density at radius 1 is 1.47 bits per heavy atom. The van der Waals surface area contributed by atoms with Gasteiger partial charge >= 0.3 is 0 Å². The zero-order valence-corrected chi connectivity index (χ0v) is 11.4. The van der Waals surface area contributed by atoms with Crippen molar-refractivity contribution in [2.75, 3.05) is 13.2 Å². The minimum absolute atomic E-state index is 0.00986. The molecule has 3 N–H and O–H groups in total. The fourth-order valence-corrected chi connectivity index (χ4v) is 2.44. The summed E-state index contributed by atoms with van der Waals surface area (Å²) in [5.41, 5.74) is 6.80. The van der Waals surface area contributed by atoms with Gasteiger partial charge in [-0.25, -0.2) is 0 Å². The summed E-state index contributed by atoms with van der Waals surface area (Å²) < 4.78 is 5.43. The highest BCUT2D eigenvalue weighted by atomic mass is 16.5. The van der Waals surface area contributed by atoms with Crippen molar-refractivity contribution < 1.29 is 9.53 Å². The molecular formula is C15H22N2O2. The topological polar surface area (TPSA) is 64.4 Å². The molecule has 0 aromatic heterocycles. The van der Waals surface area contributed by atoms with Gasteiger partial charge < -0.3 is 15.8 Å². The van der Waals surface area contributed by atoms with Gasteiger partial charge in [-0.1, -0.05) is 30.3 Å². The van der Waals surface area contributed by atoms with Crippen molar-refractivity contribution in [3.8, 4) is 0 Å². The van der Waals surface area contributed by atoms with Crippen LogP contribution in [0.1, 0.15) is 37.8 Å². The SMILES string of the molecule is CC1(NC(=O)CC(N)c2ccccc2)CCCOC1. The maximum Gasteiger partial charge on any atom is 0.222 e. The van der Waals surface area contributed by atoms with Gasteiger partial charge in [-0.05, 0) is 25.3 Å². The van der Waals surface area contributed by atoms with E-state index in [1.54, 1.807) is 0 Å². The Morgan fingerprint density at radius 3 is 2.84 bits per heavy atom. The maximum atomic E-state index is 12.1. The number of nitrogens with one attached hydrogen (secondary N) is 1. The van der Waals surface area contributed by atoms with Crippen molar-refractivity contribution in [2.24, 2.45) is 5.73 Å². The molecule has 1 aliphatic rings. The Labute approximate surface area is 114 Å². The fraction of sp³-hybridized carbons (Fsp3) is 0.533. The Hall–Kier alpha value is -1.39. The molecule has 19 heavy (non-hydrogen) atoms. The Bertz CT molecular complexity index is 413. The highest BCUT2D eigenvalue weighted by Gasteiger charge is 2.29. The van der Waals surface area contributed by atoms with Crippen LogP contribution >= 0.6 is 0 Å². The highest BCUT2D eigenvalue weighted by molar-refractivity contribution is 5.77. The predicted molar refractivity (Wildman–Crippen MR) is 74.6 cm³/mol. The monoisotopic (exact) mass is 262 g/mol. The van der Waals surface area contributed by atoms with E-state index in [1.807, 2.05) is 37.3 Å². The number of carbonyl (C=O) groups is 1. The Morgan fingerprint density at radius 2 is 2.21 bits per heavy atom. The number of ether oxygens (including phenoxy) is 1. The standard InChI is InChI=1S/C15H22N2O2/c1-15(8-5-9-19-11-15)17-14(18)10-13(16)12-6-3-2-4-7-12/h2-4,6-7,13H,5,8-11,16H2,1H3,(H,17,18). The van der Waals surface area contributed by atoms with Crippen LogP contribution in [0, 0.1) is 0 Å². The molecule has 0 radical (unpaired) electrons. The van der Waals surface area contributed by atoms with E-state index >= 15 is 0 Å². The number of hydrogen-bond acceptors (Lipinski definition) is 3. The first kappa shape index (κ1) is 14.0. The summed E-state index contributed by atoms with van der Waals surface area (Å²) in [7, 11) is 0. The predicted octanol–water partition coefficient (Wildman–Crippen LogP) is 1.76. The molecule has 1 heterocycles. The quantitative estimate of drug-likeness (QED) is 0.869. The van der Waals surface area contributed by atoms with Gasteiger partial charge in [0.1, 0.15) is 0 Å². The van der Waals surface area contributed by atoms with Crippen LogP contribution < -0.4 is 11.1 Å². The molecule has 2 rings (SSSR count). The molecule has 0 saturated carbocycles. The third kappa shape index (κ3) is 4.04. The van der Waals surface area contributed by atoms with Crippen LogP contribution in [0.2, 0.25) is 0 Å². The van der Waals surface area contributed by atoms with E-state index in [0.717, 1.165) is 25.0 Å². The number of benzene rings is 1. The highest BCUT2D eigenvalue weighted by Crippen LogP contribution is 2.19. The molecule has 1 fully saturated rings. The first-order valence-electron chi connectivity index (χ1n) is 6.78. The smallest absolute Gasteiger partial charge is 0.222 e. The van der Waals surface area contributed by atoms with E-state index in [0.29, 0.717) is 13.0 Å². The third-order valence-electron chi connectivity index (χ3n) is 3.51. The minimum atomic E-state index is -0.255. The molecule has 0 aliphatic carbocycles. The first-order chi connectivity index (χ1) is 9.09. The molecule has 0 spiro atoms. The van der Waals surface area contributed by atoms with Crippen LogP contribution in [0.15, 0.2) is 30.3 Å². The first-order valence-corrected chi connectivity index (χ1v) is 6.78. The summed E-state index contributed by atoms with van der Waals surface area (Å²) >= 11 is 0. The van der Waals surface area contributed by atoms with E-state index < -0.39 is 0 Å². The molecule has 2 unspecified atom stereocenters. The van der Waals surface area contributed by atoms with Crippen molar-refractivity contribution in [3.63, 3.8) is 0 Å². The summed E-state index contributed by atoms with van der Waals surface area (Å²) in [6.07, 6.45) is 2.25. The summed E-state index contributed by atoms with van der Waals surface area (Å²) in [4.78, 5) is 12.1. The maximum absolute atomic E-state index is 12.1. The fourth-order valence-electron chi connectivity index (χ4n) is 2.44. The molecule has 1 amide bonds. The number of amides is 1. The van der Waals surface area contributed by atoms with E-state index in [2.05, 4.69) is 5.32 Å². The third-order valence-corrected chi connectivity index (χ3v) is 3.51. The number of rotatable bonds is 4. The zero-order valence-electron chi connectivity index (χ0n) is 11.4. The molecule has 4 heteroatoms. The second kappa shape index (κ2) is 6.17. The van der Waals surface area contributed by atoms with Crippen LogP contribution in [0.5, 0.6) is 0 Å². The molecular weight excluding hydrogens is 240 g/mol. The van der Waals surface area contributed by atoms with Crippen molar-refractivity contribution >= 4 is 5.91 Å². The lowest BCUT2D eigenvalue weighted by Gasteiger charge is -2.34. The largest absolute Gasteiger partial charge is 0.379 e. The van der Waals surface area contributed by atoms with Gasteiger partial charge in [-0.2, -0.15) is 0 Å². The molecule has 2 atom stereocenters. The van der Waals surface area contributed by atoms with Gasteiger partial charge in [0.05, 0.1) is 12.1 Å². The van der Waals surface area contributed by atoms with Crippen LogP contribution in [-0.2, 0) is 9.53 Å². The van der Waals surface area contributed by atoms with Crippen LogP contribution in [0.3, 0.4) is 0 Å². The van der Waals surface area contributed by atoms with Gasteiger partial charge in [0, 0.05) is 19.1 Å². The number of hydrogen-bond donors (Lipinski definition) is 2. The van der Waals surface area contributed by atoms with Gasteiger partial charge in [0.25, 0.3) is 0 Å². The van der Waals surface area contributed by atoms with Gasteiger partial charge in [-0.3, -0.25) is 4.79 Å². The van der Waals surface area contributed by atoms with E-state index in [9.17, 15) is 4.79 Å².